The highest BCUT2D eigenvalue weighted by Gasteiger charge is 2.15. The van der Waals surface area contributed by atoms with Crippen molar-refractivity contribution in [2.24, 2.45) is 0 Å². The van der Waals surface area contributed by atoms with Gasteiger partial charge in [-0.3, -0.25) is 0 Å². The fourth-order valence-electron chi connectivity index (χ4n) is 4.46. The zero-order valence-corrected chi connectivity index (χ0v) is 18.3. The minimum absolute atomic E-state index is 0.599. The lowest BCUT2D eigenvalue weighted by Crippen LogP contribution is -2.03. The minimum Gasteiger partial charge on any atom is -0.340 e. The molecule has 1 heterocycles. The molecule has 0 fully saturated rings. The van der Waals surface area contributed by atoms with Crippen molar-refractivity contribution in [3.05, 3.63) is 119 Å². The second-order valence-electron chi connectivity index (χ2n) is 8.10. The summed E-state index contributed by atoms with van der Waals surface area (Å²) in [6.45, 7) is 2.68. The van der Waals surface area contributed by atoms with E-state index < -0.39 is 0 Å². The molecule has 0 radical (unpaired) electrons. The van der Waals surface area contributed by atoms with E-state index in [0.717, 1.165) is 44.1 Å². The minimum atomic E-state index is 0.599. The molecule has 0 spiro atoms. The van der Waals surface area contributed by atoms with Crippen LogP contribution in [0.2, 0.25) is 0 Å². The van der Waals surface area contributed by atoms with E-state index in [1.165, 1.54) is 0 Å². The van der Waals surface area contributed by atoms with Crippen molar-refractivity contribution in [2.75, 3.05) is 0 Å². The Kier molecular flexibility index (Phi) is 5.23. The summed E-state index contributed by atoms with van der Waals surface area (Å²) in [7, 11) is 0. The molecule has 5 aromatic rings. The third-order valence-electron chi connectivity index (χ3n) is 6.22. The van der Waals surface area contributed by atoms with Gasteiger partial charge in [0.2, 0.25) is 0 Å². The molecule has 1 aromatic heterocycles. The topological polar surface area (TPSA) is 52.5 Å². The maximum absolute atomic E-state index is 10.0. The van der Waals surface area contributed by atoms with Gasteiger partial charge in [0.15, 0.2) is 0 Å². The van der Waals surface area contributed by atoms with Crippen LogP contribution in [-0.2, 0) is 6.54 Å². The normalized spacial score (nSPS) is 11.4. The van der Waals surface area contributed by atoms with Gasteiger partial charge in [-0.1, -0.05) is 72.8 Å². The van der Waals surface area contributed by atoms with Gasteiger partial charge in [-0.25, -0.2) is 0 Å². The molecule has 156 valence electrons. The van der Waals surface area contributed by atoms with Crippen molar-refractivity contribution in [3.63, 3.8) is 0 Å². The highest BCUT2D eigenvalue weighted by Crippen LogP contribution is 2.31. The number of nitriles is 2. The van der Waals surface area contributed by atoms with Crippen molar-refractivity contribution >= 4 is 33.3 Å². The maximum atomic E-state index is 10.0. The Morgan fingerprint density at radius 1 is 0.848 bits per heavy atom. The first-order chi connectivity index (χ1) is 16.2. The van der Waals surface area contributed by atoms with Crippen molar-refractivity contribution in [3.8, 4) is 12.1 Å². The van der Waals surface area contributed by atoms with Crippen molar-refractivity contribution in [1.29, 1.82) is 10.5 Å². The number of aromatic nitrogens is 1. The van der Waals surface area contributed by atoms with Crippen molar-refractivity contribution in [2.45, 2.75) is 13.5 Å². The third-order valence-corrected chi connectivity index (χ3v) is 6.22. The van der Waals surface area contributed by atoms with Gasteiger partial charge in [-0.2, -0.15) is 10.5 Å². The predicted octanol–water partition coefficient (Wildman–Crippen LogP) is 7.09. The summed E-state index contributed by atoms with van der Waals surface area (Å²) in [4.78, 5) is 0. The van der Waals surface area contributed by atoms with Crippen LogP contribution < -0.4 is 0 Å². The molecule has 0 saturated carbocycles. The lowest BCUT2D eigenvalue weighted by Gasteiger charge is -2.10. The van der Waals surface area contributed by atoms with E-state index in [9.17, 15) is 10.5 Å². The summed E-state index contributed by atoms with van der Waals surface area (Å²) in [5.41, 5.74) is 6.38. The first kappa shape index (κ1) is 20.3. The molecule has 4 aromatic carbocycles. The number of nitrogens with zero attached hydrogens (tertiary/aromatic N) is 3. The van der Waals surface area contributed by atoms with Crippen LogP contribution in [0.3, 0.4) is 0 Å². The standard InChI is InChI=1S/C30H21N3/c1-21-29(17-27(19-32)24-15-14-22-8-2-3-9-23(22)16-24)28-12-6-7-13-30(28)33(21)20-26-11-5-4-10-25(26)18-31/h2-17H,20H2,1H3/b27-17-. The van der Waals surface area contributed by atoms with Crippen LogP contribution in [0.15, 0.2) is 91.0 Å². The van der Waals surface area contributed by atoms with Crippen LogP contribution in [0.25, 0.3) is 33.3 Å². The fraction of sp³-hybridized carbons (Fsp3) is 0.0667. The average Bonchev–Trinajstić information content (AvgIpc) is 3.13. The van der Waals surface area contributed by atoms with Crippen LogP contribution >= 0.6 is 0 Å². The molecule has 0 amide bonds. The van der Waals surface area contributed by atoms with E-state index in [4.69, 9.17) is 0 Å². The van der Waals surface area contributed by atoms with E-state index in [1.54, 1.807) is 0 Å². The van der Waals surface area contributed by atoms with Crippen LogP contribution in [0, 0.1) is 29.6 Å². The molecule has 0 N–H and O–H groups in total. The first-order valence-corrected chi connectivity index (χ1v) is 10.9. The molecule has 0 aliphatic carbocycles. The molecule has 0 atom stereocenters. The second kappa shape index (κ2) is 8.50. The maximum Gasteiger partial charge on any atom is 0.0998 e. The second-order valence-corrected chi connectivity index (χ2v) is 8.10. The Bertz CT molecular complexity index is 1620. The molecule has 0 unspecified atom stereocenters. The quantitative estimate of drug-likeness (QED) is 0.290. The Morgan fingerprint density at radius 3 is 2.39 bits per heavy atom. The van der Waals surface area contributed by atoms with Gasteiger partial charge in [0.1, 0.15) is 0 Å². The molecule has 3 nitrogen and oxygen atoms in total. The highest BCUT2D eigenvalue weighted by atomic mass is 15.0. The molecule has 0 aliphatic rings. The van der Waals surface area contributed by atoms with Gasteiger partial charge < -0.3 is 4.57 Å². The molecule has 33 heavy (non-hydrogen) atoms. The smallest absolute Gasteiger partial charge is 0.0998 e. The van der Waals surface area contributed by atoms with Gasteiger partial charge in [0.05, 0.1) is 23.3 Å². The predicted molar refractivity (Wildman–Crippen MR) is 134 cm³/mol. The lowest BCUT2D eigenvalue weighted by molar-refractivity contribution is 0.802. The number of fused-ring (bicyclic) bond motifs is 2. The van der Waals surface area contributed by atoms with E-state index in [-0.39, 0.29) is 0 Å². The zero-order valence-electron chi connectivity index (χ0n) is 18.3. The molecular formula is C30H21N3. The van der Waals surface area contributed by atoms with Crippen LogP contribution in [0.5, 0.6) is 0 Å². The summed E-state index contributed by atoms with van der Waals surface area (Å²) in [5, 5.41) is 22.9. The lowest BCUT2D eigenvalue weighted by atomic mass is 9.99. The van der Waals surface area contributed by atoms with E-state index >= 15 is 0 Å². The summed E-state index contributed by atoms with van der Waals surface area (Å²) in [6.07, 6.45) is 1.99. The van der Waals surface area contributed by atoms with Crippen LogP contribution in [0.4, 0.5) is 0 Å². The summed E-state index contributed by atoms with van der Waals surface area (Å²) in [5.74, 6) is 0. The van der Waals surface area contributed by atoms with Crippen molar-refractivity contribution in [1.82, 2.24) is 4.57 Å². The van der Waals surface area contributed by atoms with E-state index in [2.05, 4.69) is 60.0 Å². The Labute approximate surface area is 193 Å². The SMILES string of the molecule is Cc1c(/C=C(/C#N)c2ccc3ccccc3c2)c2ccccc2n1Cc1ccccc1C#N. The van der Waals surface area contributed by atoms with Gasteiger partial charge in [-0.15, -0.1) is 0 Å². The number of para-hydroxylation sites is 1. The van der Waals surface area contributed by atoms with Gasteiger partial charge in [0, 0.05) is 28.7 Å². The number of rotatable bonds is 4. The number of hydrogen-bond donors (Lipinski definition) is 0. The largest absolute Gasteiger partial charge is 0.340 e. The molecule has 5 rings (SSSR count). The summed E-state index contributed by atoms with van der Waals surface area (Å²) < 4.78 is 2.23. The number of allylic oxidation sites excluding steroid dienone is 1. The molecular weight excluding hydrogens is 402 g/mol. The number of hydrogen-bond acceptors (Lipinski definition) is 2. The molecule has 3 heteroatoms. The van der Waals surface area contributed by atoms with E-state index in [1.807, 2.05) is 60.7 Å². The molecule has 0 saturated heterocycles. The van der Waals surface area contributed by atoms with Gasteiger partial charge in [0.25, 0.3) is 0 Å². The monoisotopic (exact) mass is 423 g/mol. The zero-order chi connectivity index (χ0) is 22.8. The Hall–Kier alpha value is -4.60. The first-order valence-electron chi connectivity index (χ1n) is 10.9. The number of benzene rings is 4. The Morgan fingerprint density at radius 2 is 1.58 bits per heavy atom. The third kappa shape index (κ3) is 3.67. The van der Waals surface area contributed by atoms with E-state index in [0.29, 0.717) is 17.7 Å². The molecule has 0 aliphatic heterocycles. The highest BCUT2D eigenvalue weighted by molar-refractivity contribution is 6.00. The van der Waals surface area contributed by atoms with Gasteiger partial charge >= 0.3 is 0 Å². The van der Waals surface area contributed by atoms with Crippen molar-refractivity contribution < 1.29 is 0 Å². The van der Waals surface area contributed by atoms with Crippen LogP contribution in [-0.4, -0.2) is 4.57 Å². The summed E-state index contributed by atoms with van der Waals surface area (Å²) >= 11 is 0. The Balaban J connectivity index is 1.66. The van der Waals surface area contributed by atoms with Crippen LogP contribution in [0.1, 0.15) is 27.9 Å². The molecule has 0 bridgehead atoms. The fourth-order valence-corrected chi connectivity index (χ4v) is 4.46. The summed E-state index contributed by atoms with van der Waals surface area (Å²) in [6, 6.07) is 35.0. The average molecular weight is 424 g/mol. The van der Waals surface area contributed by atoms with Gasteiger partial charge in [-0.05, 0) is 53.1 Å².